The molecule has 0 bridgehead atoms. The van der Waals surface area contributed by atoms with E-state index in [1.807, 2.05) is 34.9 Å². The largest absolute Gasteiger partial charge is 0.456 e. The standard InChI is InChI=1S/C38H27NO2/c1-23-20-32(39(3)22-31(23)25-11-5-4-6-12-25)36-24(2)19-29(37-28-14-8-10-16-34(28)41-38(36)37)26-17-18-35-30(21-26)27-13-7-9-15-33(27)40-35/h4-22H,3H2,1-2H3. The van der Waals surface area contributed by atoms with Crippen LogP contribution in [0.2, 0.25) is 0 Å². The zero-order chi connectivity index (χ0) is 27.7. The highest BCUT2D eigenvalue weighted by Crippen LogP contribution is 2.44. The number of rotatable bonds is 3. The van der Waals surface area contributed by atoms with Crippen molar-refractivity contribution in [3.05, 3.63) is 134 Å². The lowest BCUT2D eigenvalue weighted by atomic mass is 9.91. The van der Waals surface area contributed by atoms with Crippen molar-refractivity contribution in [3.63, 3.8) is 0 Å². The van der Waals surface area contributed by atoms with E-state index in [4.69, 9.17) is 8.83 Å². The number of hydrogen-bond donors (Lipinski definition) is 0. The first-order valence-electron chi connectivity index (χ1n) is 13.9. The second kappa shape index (κ2) is 8.87. The van der Waals surface area contributed by atoms with Gasteiger partial charge in [-0.25, -0.2) is 0 Å². The Balaban J connectivity index is 1.41. The fourth-order valence-corrected chi connectivity index (χ4v) is 6.30. The molecule has 0 aliphatic heterocycles. The van der Waals surface area contributed by atoms with Crippen LogP contribution in [0.25, 0.3) is 77.4 Å². The summed E-state index contributed by atoms with van der Waals surface area (Å²) >= 11 is 0. The molecular formula is C38H27NO2. The molecule has 8 aromatic rings. The van der Waals surface area contributed by atoms with Crippen LogP contribution in [0.3, 0.4) is 0 Å². The molecule has 0 saturated heterocycles. The molecule has 0 unspecified atom stereocenters. The third kappa shape index (κ3) is 3.59. The Kier molecular flexibility index (Phi) is 5.10. The number of para-hydroxylation sites is 2. The van der Waals surface area contributed by atoms with Crippen molar-refractivity contribution in [1.29, 1.82) is 0 Å². The number of fused-ring (bicyclic) bond motifs is 6. The summed E-state index contributed by atoms with van der Waals surface area (Å²) in [5, 5.41) is 4.45. The summed E-state index contributed by atoms with van der Waals surface area (Å²) in [5.74, 6) is 0. The molecule has 0 aliphatic carbocycles. The quantitative estimate of drug-likeness (QED) is 0.168. The molecule has 0 radical (unpaired) electrons. The predicted octanol–water partition coefficient (Wildman–Crippen LogP) is 10.0. The molecule has 5 aromatic carbocycles. The predicted molar refractivity (Wildman–Crippen MR) is 168 cm³/mol. The van der Waals surface area contributed by atoms with Crippen LogP contribution in [0.15, 0.2) is 124 Å². The Morgan fingerprint density at radius 1 is 0.561 bits per heavy atom. The van der Waals surface area contributed by atoms with Crippen molar-refractivity contribution in [2.45, 2.75) is 13.8 Å². The summed E-state index contributed by atoms with van der Waals surface area (Å²) in [4.78, 5) is 0. The topological polar surface area (TPSA) is 30.2 Å². The third-order valence-electron chi connectivity index (χ3n) is 8.25. The smallest absolute Gasteiger partial charge is 0.137 e. The maximum atomic E-state index is 6.67. The van der Waals surface area contributed by atoms with Crippen molar-refractivity contribution in [3.8, 4) is 33.5 Å². The molecule has 0 amide bonds. The van der Waals surface area contributed by atoms with E-state index in [1.165, 1.54) is 16.7 Å². The van der Waals surface area contributed by atoms with Gasteiger partial charge in [-0.15, -0.1) is 0 Å². The lowest BCUT2D eigenvalue weighted by Crippen LogP contribution is -2.29. The fraction of sp³-hybridized carbons (Fsp3) is 0.0526. The molecule has 3 aromatic heterocycles. The van der Waals surface area contributed by atoms with E-state index in [9.17, 15) is 0 Å². The molecule has 8 rings (SSSR count). The first-order chi connectivity index (χ1) is 20.1. The van der Waals surface area contributed by atoms with Crippen molar-refractivity contribution >= 4 is 43.9 Å². The van der Waals surface area contributed by atoms with E-state index in [1.54, 1.807) is 0 Å². The van der Waals surface area contributed by atoms with E-state index in [2.05, 4.69) is 106 Å². The third-order valence-corrected chi connectivity index (χ3v) is 8.25. The van der Waals surface area contributed by atoms with E-state index in [0.29, 0.717) is 0 Å². The lowest BCUT2D eigenvalue weighted by molar-refractivity contribution is -0.600. The molecule has 0 spiro atoms. The molecule has 0 saturated carbocycles. The van der Waals surface area contributed by atoms with Gasteiger partial charge in [0.05, 0.1) is 6.20 Å². The molecule has 3 heterocycles. The van der Waals surface area contributed by atoms with Crippen LogP contribution in [0.1, 0.15) is 11.1 Å². The SMILES string of the molecule is [CH2-][n+]1cc(-c2ccccc2)c(C)cc1-c1c(C)cc(-c2ccc3oc4ccccc4c3c2)c2c1oc1ccccc12. The van der Waals surface area contributed by atoms with Gasteiger partial charge in [-0.3, -0.25) is 0 Å². The Bertz CT molecular complexity index is 2290. The number of furan rings is 2. The Morgan fingerprint density at radius 3 is 2.05 bits per heavy atom. The molecule has 3 nitrogen and oxygen atoms in total. The van der Waals surface area contributed by atoms with Gasteiger partial charge in [0.2, 0.25) is 0 Å². The minimum atomic E-state index is 0.874. The molecule has 0 fully saturated rings. The highest BCUT2D eigenvalue weighted by atomic mass is 16.3. The van der Waals surface area contributed by atoms with Crippen LogP contribution in [-0.2, 0) is 0 Å². The molecular weight excluding hydrogens is 502 g/mol. The number of aromatic nitrogens is 1. The van der Waals surface area contributed by atoms with Crippen LogP contribution in [0, 0.1) is 20.9 Å². The zero-order valence-electron chi connectivity index (χ0n) is 22.9. The van der Waals surface area contributed by atoms with Gasteiger partial charge in [0.15, 0.2) is 0 Å². The second-order valence-corrected chi connectivity index (χ2v) is 10.8. The maximum Gasteiger partial charge on any atom is 0.137 e. The molecule has 0 atom stereocenters. The van der Waals surface area contributed by atoms with Gasteiger partial charge in [-0.05, 0) is 72.0 Å². The highest BCUT2D eigenvalue weighted by molar-refractivity contribution is 6.17. The van der Waals surface area contributed by atoms with Crippen LogP contribution in [-0.4, -0.2) is 0 Å². The van der Waals surface area contributed by atoms with Gasteiger partial charge in [0.25, 0.3) is 0 Å². The van der Waals surface area contributed by atoms with Gasteiger partial charge < -0.3 is 13.4 Å². The molecule has 41 heavy (non-hydrogen) atoms. The van der Waals surface area contributed by atoms with E-state index in [-0.39, 0.29) is 0 Å². The van der Waals surface area contributed by atoms with Crippen LogP contribution < -0.4 is 4.57 Å². The number of aryl methyl sites for hydroxylation is 2. The summed E-state index contributed by atoms with van der Waals surface area (Å²) < 4.78 is 14.8. The highest BCUT2D eigenvalue weighted by Gasteiger charge is 2.22. The lowest BCUT2D eigenvalue weighted by Gasteiger charge is -2.17. The molecule has 196 valence electrons. The zero-order valence-corrected chi connectivity index (χ0v) is 22.9. The van der Waals surface area contributed by atoms with Gasteiger partial charge >= 0.3 is 0 Å². The molecule has 3 heteroatoms. The average Bonchev–Trinajstić information content (AvgIpc) is 3.57. The maximum absolute atomic E-state index is 6.67. The van der Waals surface area contributed by atoms with Gasteiger partial charge in [0, 0.05) is 34.2 Å². The number of benzene rings is 5. The van der Waals surface area contributed by atoms with Crippen molar-refractivity contribution in [2.24, 2.45) is 0 Å². The van der Waals surface area contributed by atoms with Crippen molar-refractivity contribution in [1.82, 2.24) is 0 Å². The summed E-state index contributed by atoms with van der Waals surface area (Å²) in [6.45, 7) is 4.33. The first-order valence-corrected chi connectivity index (χ1v) is 13.9. The van der Waals surface area contributed by atoms with Crippen LogP contribution >= 0.6 is 0 Å². The summed E-state index contributed by atoms with van der Waals surface area (Å²) in [6.07, 6.45) is 2.12. The van der Waals surface area contributed by atoms with E-state index >= 15 is 0 Å². The Hall–Kier alpha value is -5.28. The van der Waals surface area contributed by atoms with E-state index in [0.717, 1.165) is 71.8 Å². The number of pyridine rings is 1. The summed E-state index contributed by atoms with van der Waals surface area (Å²) in [5.41, 5.74) is 12.6. The fourth-order valence-electron chi connectivity index (χ4n) is 6.30. The molecule has 0 aliphatic rings. The average molecular weight is 530 g/mol. The van der Waals surface area contributed by atoms with Crippen molar-refractivity contribution in [2.75, 3.05) is 0 Å². The Morgan fingerprint density at radius 2 is 1.24 bits per heavy atom. The Labute approximate surface area is 237 Å². The summed E-state index contributed by atoms with van der Waals surface area (Å²) in [7, 11) is 4.43. The number of nitrogens with zero attached hydrogens (tertiary/aromatic N) is 1. The molecule has 0 N–H and O–H groups in total. The van der Waals surface area contributed by atoms with Gasteiger partial charge in [0.1, 0.15) is 28.0 Å². The van der Waals surface area contributed by atoms with E-state index < -0.39 is 0 Å². The number of hydrogen-bond acceptors (Lipinski definition) is 2. The van der Waals surface area contributed by atoms with Crippen LogP contribution in [0.4, 0.5) is 0 Å². The van der Waals surface area contributed by atoms with Gasteiger partial charge in [-0.1, -0.05) is 84.4 Å². The van der Waals surface area contributed by atoms with Crippen LogP contribution in [0.5, 0.6) is 0 Å². The minimum Gasteiger partial charge on any atom is -0.456 e. The minimum absolute atomic E-state index is 0.874. The summed E-state index contributed by atoms with van der Waals surface area (Å²) in [6, 6.07) is 38.0. The normalized spacial score (nSPS) is 11.8. The second-order valence-electron chi connectivity index (χ2n) is 10.8. The van der Waals surface area contributed by atoms with Crippen molar-refractivity contribution < 1.29 is 13.4 Å². The monoisotopic (exact) mass is 529 g/mol. The first kappa shape index (κ1) is 23.6. The van der Waals surface area contributed by atoms with Gasteiger partial charge in [-0.2, -0.15) is 0 Å².